The van der Waals surface area contributed by atoms with Crippen molar-refractivity contribution >= 4 is 55.8 Å². The summed E-state index contributed by atoms with van der Waals surface area (Å²) in [5.41, 5.74) is 1.24. The van der Waals surface area contributed by atoms with Gasteiger partial charge >= 0.3 is 11.9 Å². The predicted octanol–water partition coefficient (Wildman–Crippen LogP) is 3.26. The third kappa shape index (κ3) is 4.12. The second-order valence-corrected chi connectivity index (χ2v) is 7.47. The Labute approximate surface area is 168 Å². The van der Waals surface area contributed by atoms with E-state index in [1.54, 1.807) is 24.3 Å². The summed E-state index contributed by atoms with van der Waals surface area (Å²) in [6.07, 6.45) is 0. The van der Waals surface area contributed by atoms with Crippen molar-refractivity contribution in [3.63, 3.8) is 0 Å². The SMILES string of the molecule is COC(=O)COc1c(C(=O)OC)sc2cc(C(=O)Nc3cc(C)ns3)ccc12. The van der Waals surface area contributed by atoms with Crippen LogP contribution in [0.15, 0.2) is 24.3 Å². The number of anilines is 1. The molecule has 0 aliphatic heterocycles. The van der Waals surface area contributed by atoms with Gasteiger partial charge in [0.25, 0.3) is 5.91 Å². The lowest BCUT2D eigenvalue weighted by molar-refractivity contribution is -0.142. The van der Waals surface area contributed by atoms with E-state index in [4.69, 9.17) is 9.47 Å². The molecule has 3 rings (SSSR count). The average Bonchev–Trinajstić information content (AvgIpc) is 3.27. The highest BCUT2D eigenvalue weighted by Crippen LogP contribution is 2.39. The molecular weight excluding hydrogens is 404 g/mol. The number of rotatable bonds is 6. The van der Waals surface area contributed by atoms with Gasteiger partial charge in [-0.15, -0.1) is 11.3 Å². The van der Waals surface area contributed by atoms with Crippen molar-refractivity contribution in [1.82, 2.24) is 4.37 Å². The third-order valence-corrected chi connectivity index (χ3v) is 5.61. The van der Waals surface area contributed by atoms with Crippen molar-refractivity contribution in [1.29, 1.82) is 0 Å². The minimum atomic E-state index is -0.591. The highest BCUT2D eigenvalue weighted by molar-refractivity contribution is 7.21. The number of ether oxygens (including phenoxy) is 3. The minimum absolute atomic E-state index is 0.206. The first-order valence-electron chi connectivity index (χ1n) is 8.02. The van der Waals surface area contributed by atoms with Gasteiger partial charge in [-0.3, -0.25) is 4.79 Å². The van der Waals surface area contributed by atoms with E-state index in [9.17, 15) is 14.4 Å². The zero-order chi connectivity index (χ0) is 20.3. The number of fused-ring (bicyclic) bond motifs is 1. The smallest absolute Gasteiger partial charge is 0.351 e. The summed E-state index contributed by atoms with van der Waals surface area (Å²) in [5.74, 6) is -1.24. The second-order valence-electron chi connectivity index (χ2n) is 5.61. The molecule has 0 aliphatic rings. The molecule has 28 heavy (non-hydrogen) atoms. The minimum Gasteiger partial charge on any atom is -0.479 e. The first-order valence-corrected chi connectivity index (χ1v) is 9.61. The van der Waals surface area contributed by atoms with Gasteiger partial charge in [-0.1, -0.05) is 0 Å². The van der Waals surface area contributed by atoms with Gasteiger partial charge < -0.3 is 19.5 Å². The molecule has 2 heterocycles. The standard InChI is InChI=1S/C18H16N2O6S2/c1-9-6-13(28-20-9)19-17(22)10-4-5-11-12(7-10)27-16(18(23)25-3)15(11)26-8-14(21)24-2/h4-7H,8H2,1-3H3,(H,19,22). The normalized spacial score (nSPS) is 10.5. The van der Waals surface area contributed by atoms with Crippen LogP contribution in [-0.4, -0.2) is 43.0 Å². The number of aryl methyl sites for hydroxylation is 1. The molecule has 0 spiro atoms. The van der Waals surface area contributed by atoms with Crippen LogP contribution in [0.3, 0.4) is 0 Å². The van der Waals surface area contributed by atoms with E-state index in [0.29, 0.717) is 20.7 Å². The van der Waals surface area contributed by atoms with Crippen molar-refractivity contribution in [3.05, 3.63) is 40.4 Å². The quantitative estimate of drug-likeness (QED) is 0.611. The zero-order valence-corrected chi connectivity index (χ0v) is 16.9. The molecule has 1 N–H and O–H groups in total. The maximum absolute atomic E-state index is 12.5. The number of thiophene rings is 1. The average molecular weight is 420 g/mol. The molecule has 0 unspecified atom stereocenters. The van der Waals surface area contributed by atoms with E-state index in [1.165, 1.54) is 25.8 Å². The van der Waals surface area contributed by atoms with E-state index in [1.807, 2.05) is 6.92 Å². The molecule has 3 aromatic rings. The van der Waals surface area contributed by atoms with E-state index in [2.05, 4.69) is 14.4 Å². The van der Waals surface area contributed by atoms with Gasteiger partial charge in [-0.2, -0.15) is 4.37 Å². The van der Waals surface area contributed by atoms with Crippen LogP contribution in [0.2, 0.25) is 0 Å². The molecule has 0 atom stereocenters. The highest BCUT2D eigenvalue weighted by atomic mass is 32.1. The summed E-state index contributed by atoms with van der Waals surface area (Å²) in [6, 6.07) is 6.71. The maximum Gasteiger partial charge on any atom is 0.351 e. The van der Waals surface area contributed by atoms with Crippen LogP contribution in [0.25, 0.3) is 10.1 Å². The van der Waals surface area contributed by atoms with Gasteiger partial charge in [0.15, 0.2) is 17.2 Å². The van der Waals surface area contributed by atoms with Crippen molar-refractivity contribution in [2.24, 2.45) is 0 Å². The van der Waals surface area contributed by atoms with E-state index in [0.717, 1.165) is 17.0 Å². The predicted molar refractivity (Wildman–Crippen MR) is 105 cm³/mol. The summed E-state index contributed by atoms with van der Waals surface area (Å²) >= 11 is 2.31. The first kappa shape index (κ1) is 19.8. The molecular formula is C18H16N2O6S2. The van der Waals surface area contributed by atoms with Crippen LogP contribution in [0, 0.1) is 6.92 Å². The fourth-order valence-corrected chi connectivity index (χ4v) is 4.14. The number of carbonyl (C=O) groups is 3. The van der Waals surface area contributed by atoms with Crippen LogP contribution in [0.1, 0.15) is 25.7 Å². The van der Waals surface area contributed by atoms with Crippen molar-refractivity contribution in [2.75, 3.05) is 26.1 Å². The van der Waals surface area contributed by atoms with E-state index >= 15 is 0 Å². The summed E-state index contributed by atoms with van der Waals surface area (Å²) in [6.45, 7) is 1.49. The van der Waals surface area contributed by atoms with Crippen LogP contribution in [-0.2, 0) is 14.3 Å². The number of methoxy groups -OCH3 is 2. The molecule has 0 aliphatic carbocycles. The molecule has 0 bridgehead atoms. The van der Waals surface area contributed by atoms with Gasteiger partial charge in [0.1, 0.15) is 5.00 Å². The number of carbonyl (C=O) groups excluding carboxylic acids is 3. The summed E-state index contributed by atoms with van der Waals surface area (Å²) < 4.78 is 19.6. The Morgan fingerprint density at radius 3 is 2.57 bits per heavy atom. The number of hydrogen-bond donors (Lipinski definition) is 1. The molecule has 8 nitrogen and oxygen atoms in total. The molecule has 1 aromatic carbocycles. The summed E-state index contributed by atoms with van der Waals surface area (Å²) in [4.78, 5) is 36.2. The lowest BCUT2D eigenvalue weighted by atomic mass is 10.1. The largest absolute Gasteiger partial charge is 0.479 e. The fourth-order valence-electron chi connectivity index (χ4n) is 2.38. The number of aromatic nitrogens is 1. The van der Waals surface area contributed by atoms with E-state index < -0.39 is 11.9 Å². The van der Waals surface area contributed by atoms with Gasteiger partial charge in [-0.25, -0.2) is 9.59 Å². The Morgan fingerprint density at radius 1 is 1.14 bits per heavy atom. The molecule has 0 radical (unpaired) electrons. The van der Waals surface area contributed by atoms with Gasteiger partial charge in [0.05, 0.1) is 19.9 Å². The molecule has 1 amide bonds. The van der Waals surface area contributed by atoms with Crippen molar-refractivity contribution < 1.29 is 28.6 Å². The summed E-state index contributed by atoms with van der Waals surface area (Å²) in [5, 5.41) is 4.03. The first-order chi connectivity index (χ1) is 13.4. The second kappa shape index (κ2) is 8.36. The zero-order valence-electron chi connectivity index (χ0n) is 15.2. The monoisotopic (exact) mass is 420 g/mol. The van der Waals surface area contributed by atoms with Gasteiger partial charge in [-0.05, 0) is 42.7 Å². The van der Waals surface area contributed by atoms with Crippen LogP contribution >= 0.6 is 22.9 Å². The molecule has 2 aromatic heterocycles. The molecule has 146 valence electrons. The number of esters is 2. The maximum atomic E-state index is 12.5. The topological polar surface area (TPSA) is 104 Å². The number of amides is 1. The molecule has 0 saturated carbocycles. The Kier molecular flexibility index (Phi) is 5.90. The van der Waals surface area contributed by atoms with Gasteiger partial charge in [0.2, 0.25) is 0 Å². The van der Waals surface area contributed by atoms with Gasteiger partial charge in [0, 0.05) is 15.6 Å². The summed E-state index contributed by atoms with van der Waals surface area (Å²) in [7, 11) is 2.50. The van der Waals surface area contributed by atoms with Crippen LogP contribution in [0.5, 0.6) is 5.75 Å². The van der Waals surface area contributed by atoms with E-state index in [-0.39, 0.29) is 23.1 Å². The highest BCUT2D eigenvalue weighted by Gasteiger charge is 2.22. The Bertz CT molecular complexity index is 1060. The lowest BCUT2D eigenvalue weighted by Crippen LogP contribution is -2.14. The third-order valence-electron chi connectivity index (χ3n) is 3.70. The lowest BCUT2D eigenvalue weighted by Gasteiger charge is -2.06. The molecule has 10 heteroatoms. The van der Waals surface area contributed by atoms with Crippen molar-refractivity contribution in [3.8, 4) is 5.75 Å². The van der Waals surface area contributed by atoms with Crippen molar-refractivity contribution in [2.45, 2.75) is 6.92 Å². The Balaban J connectivity index is 1.93. The Morgan fingerprint density at radius 2 is 1.93 bits per heavy atom. The fraction of sp³-hybridized carbons (Fsp3) is 0.222. The van der Waals surface area contributed by atoms with Crippen LogP contribution < -0.4 is 10.1 Å². The number of benzene rings is 1. The number of hydrogen-bond acceptors (Lipinski definition) is 9. The Hall–Kier alpha value is -2.98. The molecule has 0 saturated heterocycles. The number of nitrogens with zero attached hydrogens (tertiary/aromatic N) is 1. The van der Waals surface area contributed by atoms with Crippen LogP contribution in [0.4, 0.5) is 5.00 Å². The number of nitrogens with one attached hydrogen (secondary N) is 1. The molecule has 0 fully saturated rings.